The number of ether oxygens (including phenoxy) is 1. The molecule has 3 heteroatoms. The number of hydrogen-bond acceptors (Lipinski definition) is 2. The van der Waals surface area contributed by atoms with E-state index in [2.05, 4.69) is 0 Å². The Morgan fingerprint density at radius 1 is 1.67 bits per heavy atom. The summed E-state index contributed by atoms with van der Waals surface area (Å²) in [7, 11) is 0. The van der Waals surface area contributed by atoms with Crippen molar-refractivity contribution in [1.29, 1.82) is 0 Å². The number of allylic oxidation sites excluding steroid dienone is 1. The summed E-state index contributed by atoms with van der Waals surface area (Å²) in [6, 6.07) is 0. The van der Waals surface area contributed by atoms with Crippen molar-refractivity contribution in [3.63, 3.8) is 0 Å². The van der Waals surface area contributed by atoms with Gasteiger partial charge in [-0.2, -0.15) is 0 Å². The van der Waals surface area contributed by atoms with Gasteiger partial charge in [0.1, 0.15) is 12.4 Å². The van der Waals surface area contributed by atoms with Crippen molar-refractivity contribution in [3.05, 3.63) is 35.9 Å². The normalized spacial score (nSPS) is 19.6. The largest absolute Gasteiger partial charge is 0.487 e. The predicted octanol–water partition coefficient (Wildman–Crippen LogP) is 1.16. The third kappa shape index (κ3) is 1.03. The minimum absolute atomic E-state index is 0.00620. The molecule has 0 aromatic rings. The van der Waals surface area contributed by atoms with E-state index >= 15 is 0 Å². The zero-order chi connectivity index (χ0) is 8.55. The van der Waals surface area contributed by atoms with Crippen molar-refractivity contribution in [3.8, 4) is 0 Å². The van der Waals surface area contributed by atoms with E-state index in [1.165, 1.54) is 11.8 Å². The number of nitrogens with zero attached hydrogens (tertiary/aromatic N) is 1. The monoisotopic (exact) mass is 163 g/mol. The molecule has 0 N–H and O–H groups in total. The number of hydrogen-bond donors (Lipinski definition) is 0. The Kier molecular flexibility index (Phi) is 1.50. The highest BCUT2D eigenvalue weighted by Gasteiger charge is 2.16. The maximum atomic E-state index is 10.9. The minimum Gasteiger partial charge on any atom is -0.487 e. The molecule has 62 valence electrons. The Morgan fingerprint density at radius 3 is 3.25 bits per heavy atom. The quantitative estimate of drug-likeness (QED) is 0.536. The van der Waals surface area contributed by atoms with Crippen LogP contribution < -0.4 is 0 Å². The molecular weight excluding hydrogens is 154 g/mol. The van der Waals surface area contributed by atoms with E-state index in [4.69, 9.17) is 4.74 Å². The molecule has 0 aromatic heterocycles. The van der Waals surface area contributed by atoms with Crippen LogP contribution in [0, 0.1) is 0 Å². The maximum Gasteiger partial charge on any atom is 0.227 e. The molecule has 0 saturated heterocycles. The molecule has 0 radical (unpaired) electrons. The van der Waals surface area contributed by atoms with Crippen molar-refractivity contribution in [2.45, 2.75) is 6.92 Å². The molecular formula is C9H9NO2. The van der Waals surface area contributed by atoms with E-state index in [9.17, 15) is 4.79 Å². The first-order chi connectivity index (χ1) is 5.77. The van der Waals surface area contributed by atoms with Gasteiger partial charge in [-0.25, -0.2) is 0 Å². The third-order valence-corrected chi connectivity index (χ3v) is 1.86. The van der Waals surface area contributed by atoms with Crippen molar-refractivity contribution >= 4 is 5.91 Å². The number of fused-ring (bicyclic) bond motifs is 1. The van der Waals surface area contributed by atoms with E-state index in [0.717, 1.165) is 11.3 Å². The first kappa shape index (κ1) is 7.16. The topological polar surface area (TPSA) is 29.5 Å². The van der Waals surface area contributed by atoms with Crippen molar-refractivity contribution in [1.82, 2.24) is 4.90 Å². The molecule has 0 unspecified atom stereocenters. The highest BCUT2D eigenvalue weighted by Crippen LogP contribution is 2.24. The Bertz CT molecular complexity index is 312. The number of rotatable bonds is 0. The third-order valence-electron chi connectivity index (χ3n) is 1.86. The molecule has 2 aliphatic heterocycles. The van der Waals surface area contributed by atoms with Crippen LogP contribution in [0.25, 0.3) is 0 Å². The number of carbonyl (C=O) groups excluding carboxylic acids is 1. The van der Waals surface area contributed by atoms with E-state index in [0.29, 0.717) is 6.61 Å². The second kappa shape index (κ2) is 2.52. The van der Waals surface area contributed by atoms with Crippen LogP contribution in [-0.4, -0.2) is 17.4 Å². The van der Waals surface area contributed by atoms with Crippen LogP contribution >= 0.6 is 0 Å². The molecule has 0 spiro atoms. The minimum atomic E-state index is -0.00620. The zero-order valence-electron chi connectivity index (χ0n) is 6.78. The predicted molar refractivity (Wildman–Crippen MR) is 43.8 cm³/mol. The highest BCUT2D eigenvalue weighted by molar-refractivity contribution is 5.76. The van der Waals surface area contributed by atoms with Gasteiger partial charge in [0.25, 0.3) is 0 Å². The van der Waals surface area contributed by atoms with E-state index in [-0.39, 0.29) is 5.91 Å². The molecule has 0 atom stereocenters. The fourth-order valence-electron chi connectivity index (χ4n) is 1.19. The SMILES string of the molecule is CC(=O)N1C=CC2=CCOC2=C1. The Balaban J connectivity index is 2.28. The van der Waals surface area contributed by atoms with Gasteiger partial charge in [-0.15, -0.1) is 0 Å². The van der Waals surface area contributed by atoms with Gasteiger partial charge in [0.15, 0.2) is 0 Å². The molecule has 2 heterocycles. The van der Waals surface area contributed by atoms with Crippen LogP contribution in [0.4, 0.5) is 0 Å². The van der Waals surface area contributed by atoms with Crippen LogP contribution in [0.3, 0.4) is 0 Å². The van der Waals surface area contributed by atoms with Gasteiger partial charge in [-0.1, -0.05) is 0 Å². The molecule has 0 aliphatic carbocycles. The summed E-state index contributed by atoms with van der Waals surface area (Å²) in [6.07, 6.45) is 7.32. The first-order valence-electron chi connectivity index (χ1n) is 3.79. The van der Waals surface area contributed by atoms with Crippen LogP contribution in [0.5, 0.6) is 0 Å². The Morgan fingerprint density at radius 2 is 2.50 bits per heavy atom. The lowest BCUT2D eigenvalue weighted by molar-refractivity contribution is -0.124. The lowest BCUT2D eigenvalue weighted by Crippen LogP contribution is -2.19. The maximum absolute atomic E-state index is 10.9. The first-order valence-corrected chi connectivity index (χ1v) is 3.79. The van der Waals surface area contributed by atoms with E-state index in [1.54, 1.807) is 12.4 Å². The summed E-state index contributed by atoms with van der Waals surface area (Å²) in [5, 5.41) is 0. The lowest BCUT2D eigenvalue weighted by atomic mass is 10.2. The molecule has 0 bridgehead atoms. The molecule has 2 aliphatic rings. The van der Waals surface area contributed by atoms with Crippen LogP contribution in [-0.2, 0) is 9.53 Å². The Labute approximate surface area is 70.6 Å². The molecule has 2 rings (SSSR count). The van der Waals surface area contributed by atoms with Crippen LogP contribution in [0.2, 0.25) is 0 Å². The van der Waals surface area contributed by atoms with Gasteiger partial charge in [-0.3, -0.25) is 9.69 Å². The molecule has 0 saturated carbocycles. The fourth-order valence-corrected chi connectivity index (χ4v) is 1.19. The van der Waals surface area contributed by atoms with Crippen LogP contribution in [0.1, 0.15) is 6.92 Å². The average Bonchev–Trinajstić information content (AvgIpc) is 2.49. The molecule has 0 aromatic carbocycles. The summed E-state index contributed by atoms with van der Waals surface area (Å²) in [4.78, 5) is 12.5. The smallest absolute Gasteiger partial charge is 0.227 e. The zero-order valence-corrected chi connectivity index (χ0v) is 6.78. The van der Waals surface area contributed by atoms with Crippen LogP contribution in [0.15, 0.2) is 35.9 Å². The number of amides is 1. The summed E-state index contributed by atoms with van der Waals surface area (Å²) < 4.78 is 5.26. The van der Waals surface area contributed by atoms with Gasteiger partial charge < -0.3 is 4.74 Å². The lowest BCUT2D eigenvalue weighted by Gasteiger charge is -2.16. The summed E-state index contributed by atoms with van der Waals surface area (Å²) in [6.45, 7) is 2.13. The van der Waals surface area contributed by atoms with Gasteiger partial charge in [0, 0.05) is 18.7 Å². The summed E-state index contributed by atoms with van der Waals surface area (Å²) in [5.41, 5.74) is 1.06. The molecule has 1 amide bonds. The highest BCUT2D eigenvalue weighted by atomic mass is 16.5. The Hall–Kier alpha value is -1.51. The average molecular weight is 163 g/mol. The van der Waals surface area contributed by atoms with Crippen molar-refractivity contribution in [2.24, 2.45) is 0 Å². The van der Waals surface area contributed by atoms with Gasteiger partial charge in [0.05, 0.1) is 6.20 Å². The van der Waals surface area contributed by atoms with E-state index in [1.807, 2.05) is 12.2 Å². The molecule has 3 nitrogen and oxygen atoms in total. The standard InChI is InChI=1S/C9H9NO2/c1-7(11)10-4-2-8-3-5-12-9(8)6-10/h2-4,6H,5H2,1H3. The second-order valence-corrected chi connectivity index (χ2v) is 2.71. The summed E-state index contributed by atoms with van der Waals surface area (Å²) in [5.74, 6) is 0.779. The molecule has 0 fully saturated rings. The van der Waals surface area contributed by atoms with Gasteiger partial charge in [-0.05, 0) is 12.2 Å². The van der Waals surface area contributed by atoms with Crippen molar-refractivity contribution < 1.29 is 9.53 Å². The molecule has 12 heavy (non-hydrogen) atoms. The van der Waals surface area contributed by atoms with E-state index < -0.39 is 0 Å². The fraction of sp³-hybridized carbons (Fsp3) is 0.222. The number of carbonyl (C=O) groups is 1. The van der Waals surface area contributed by atoms with Gasteiger partial charge >= 0.3 is 0 Å². The second-order valence-electron chi connectivity index (χ2n) is 2.71. The van der Waals surface area contributed by atoms with Crippen molar-refractivity contribution in [2.75, 3.05) is 6.61 Å². The van der Waals surface area contributed by atoms with Gasteiger partial charge in [0.2, 0.25) is 5.91 Å². The summed E-state index contributed by atoms with van der Waals surface area (Å²) >= 11 is 0.